The molecule has 2 aromatic rings. The molecule has 1 amide bonds. The monoisotopic (exact) mass is 314 g/mol. The van der Waals surface area contributed by atoms with Gasteiger partial charge in [-0.3, -0.25) is 4.79 Å². The normalized spacial score (nSPS) is 15.5. The summed E-state index contributed by atoms with van der Waals surface area (Å²) in [5.41, 5.74) is 2.12. The molecule has 1 heterocycles. The Hall–Kier alpha value is -1.65. The summed E-state index contributed by atoms with van der Waals surface area (Å²) < 4.78 is 0. The quantitative estimate of drug-likeness (QED) is 0.836. The van der Waals surface area contributed by atoms with Crippen LogP contribution in [0.1, 0.15) is 41.1 Å². The summed E-state index contributed by atoms with van der Waals surface area (Å²) in [5, 5.41) is 6.51. The highest BCUT2D eigenvalue weighted by molar-refractivity contribution is 7.11. The fraction of sp³-hybridized carbons (Fsp3) is 0.389. The Bertz CT molecular complexity index is 643. The molecule has 0 radical (unpaired) electrons. The smallest absolute Gasteiger partial charge is 0.227 e. The number of rotatable bonds is 6. The van der Waals surface area contributed by atoms with E-state index >= 15 is 0 Å². The first-order valence-electron chi connectivity index (χ1n) is 7.81. The fourth-order valence-electron chi connectivity index (χ4n) is 2.40. The van der Waals surface area contributed by atoms with Crippen LogP contribution in [0.2, 0.25) is 0 Å². The van der Waals surface area contributed by atoms with Crippen LogP contribution in [0.5, 0.6) is 0 Å². The minimum Gasteiger partial charge on any atom is -0.326 e. The first-order valence-corrected chi connectivity index (χ1v) is 8.63. The van der Waals surface area contributed by atoms with E-state index < -0.39 is 0 Å². The second kappa shape index (κ2) is 6.63. The van der Waals surface area contributed by atoms with E-state index in [2.05, 4.69) is 48.7 Å². The molecule has 0 bridgehead atoms. The van der Waals surface area contributed by atoms with Gasteiger partial charge in [-0.05, 0) is 56.5 Å². The average molecular weight is 314 g/mol. The van der Waals surface area contributed by atoms with Crippen molar-refractivity contribution in [3.63, 3.8) is 0 Å². The Labute approximate surface area is 135 Å². The number of carbonyl (C=O) groups is 1. The molecule has 1 aliphatic carbocycles. The third-order valence-corrected chi connectivity index (χ3v) is 5.01. The fourth-order valence-corrected chi connectivity index (χ4v) is 3.24. The van der Waals surface area contributed by atoms with Gasteiger partial charge < -0.3 is 10.6 Å². The standard InChI is InChI=1S/C18H22N2OS/c1-12-3-10-17(22-12)11-19-13(2)14-6-8-16(9-7-14)20-18(21)15-4-5-15/h3,6-10,13,15,19H,4-5,11H2,1-2H3,(H,20,21). The highest BCUT2D eigenvalue weighted by Crippen LogP contribution is 2.30. The summed E-state index contributed by atoms with van der Waals surface area (Å²) in [6.45, 7) is 5.18. The molecular weight excluding hydrogens is 292 g/mol. The molecule has 116 valence electrons. The van der Waals surface area contributed by atoms with E-state index in [1.807, 2.05) is 23.5 Å². The summed E-state index contributed by atoms with van der Waals surface area (Å²) in [7, 11) is 0. The Balaban J connectivity index is 1.53. The van der Waals surface area contributed by atoms with Gasteiger partial charge in [0.15, 0.2) is 0 Å². The molecule has 3 rings (SSSR count). The minimum absolute atomic E-state index is 0.159. The topological polar surface area (TPSA) is 41.1 Å². The lowest BCUT2D eigenvalue weighted by atomic mass is 10.1. The van der Waals surface area contributed by atoms with Crippen LogP contribution in [0.25, 0.3) is 0 Å². The van der Waals surface area contributed by atoms with Gasteiger partial charge in [0.2, 0.25) is 5.91 Å². The van der Waals surface area contributed by atoms with Crippen LogP contribution in [0, 0.1) is 12.8 Å². The van der Waals surface area contributed by atoms with Crippen LogP contribution in [-0.4, -0.2) is 5.91 Å². The van der Waals surface area contributed by atoms with Crippen molar-refractivity contribution in [2.75, 3.05) is 5.32 Å². The van der Waals surface area contributed by atoms with Crippen LogP contribution in [-0.2, 0) is 11.3 Å². The van der Waals surface area contributed by atoms with E-state index in [9.17, 15) is 4.79 Å². The number of anilines is 1. The predicted octanol–water partition coefficient (Wildman–Crippen LogP) is 4.26. The van der Waals surface area contributed by atoms with Crippen LogP contribution >= 0.6 is 11.3 Å². The average Bonchev–Trinajstić information content (AvgIpc) is 3.29. The van der Waals surface area contributed by atoms with E-state index in [0.29, 0.717) is 0 Å². The third-order valence-electron chi connectivity index (χ3n) is 4.00. The number of carbonyl (C=O) groups excluding carboxylic acids is 1. The van der Waals surface area contributed by atoms with Gasteiger partial charge >= 0.3 is 0 Å². The van der Waals surface area contributed by atoms with Crippen LogP contribution in [0.15, 0.2) is 36.4 Å². The molecule has 22 heavy (non-hydrogen) atoms. The summed E-state index contributed by atoms with van der Waals surface area (Å²) in [6, 6.07) is 12.8. The van der Waals surface area contributed by atoms with Gasteiger partial charge in [0.05, 0.1) is 0 Å². The minimum atomic E-state index is 0.159. The third kappa shape index (κ3) is 3.96. The van der Waals surface area contributed by atoms with Crippen LogP contribution in [0.3, 0.4) is 0 Å². The largest absolute Gasteiger partial charge is 0.326 e. The summed E-state index contributed by atoms with van der Waals surface area (Å²) in [5.74, 6) is 0.404. The van der Waals surface area contributed by atoms with E-state index in [-0.39, 0.29) is 17.9 Å². The van der Waals surface area contributed by atoms with E-state index in [1.54, 1.807) is 0 Å². The van der Waals surface area contributed by atoms with E-state index in [4.69, 9.17) is 0 Å². The molecule has 1 aliphatic rings. The van der Waals surface area contributed by atoms with Gasteiger partial charge in [-0.15, -0.1) is 11.3 Å². The molecule has 1 fully saturated rings. The van der Waals surface area contributed by atoms with Gasteiger partial charge in [0, 0.05) is 33.9 Å². The maximum atomic E-state index is 11.7. The second-order valence-corrected chi connectivity index (χ2v) is 7.37. The van der Waals surface area contributed by atoms with Crippen molar-refractivity contribution in [2.24, 2.45) is 5.92 Å². The van der Waals surface area contributed by atoms with Gasteiger partial charge in [-0.1, -0.05) is 12.1 Å². The number of amides is 1. The Kier molecular flexibility index (Phi) is 4.60. The maximum absolute atomic E-state index is 11.7. The van der Waals surface area contributed by atoms with Crippen molar-refractivity contribution in [1.29, 1.82) is 0 Å². The van der Waals surface area contributed by atoms with Crippen molar-refractivity contribution >= 4 is 22.9 Å². The zero-order chi connectivity index (χ0) is 15.5. The molecule has 1 unspecified atom stereocenters. The number of hydrogen-bond donors (Lipinski definition) is 2. The van der Waals surface area contributed by atoms with E-state index in [0.717, 1.165) is 25.1 Å². The van der Waals surface area contributed by atoms with Gasteiger partial charge in [-0.2, -0.15) is 0 Å². The molecule has 2 N–H and O–H groups in total. The Morgan fingerprint density at radius 2 is 1.95 bits per heavy atom. The molecule has 0 aliphatic heterocycles. The first-order chi connectivity index (χ1) is 10.6. The predicted molar refractivity (Wildman–Crippen MR) is 92.1 cm³/mol. The Morgan fingerprint density at radius 1 is 1.23 bits per heavy atom. The summed E-state index contributed by atoms with van der Waals surface area (Å²) in [6.07, 6.45) is 2.07. The van der Waals surface area contributed by atoms with Crippen molar-refractivity contribution in [1.82, 2.24) is 5.32 Å². The first kappa shape index (κ1) is 15.3. The molecular formula is C18H22N2OS. The lowest BCUT2D eigenvalue weighted by molar-refractivity contribution is -0.117. The van der Waals surface area contributed by atoms with Gasteiger partial charge in [-0.25, -0.2) is 0 Å². The zero-order valence-corrected chi connectivity index (χ0v) is 13.9. The molecule has 0 saturated heterocycles. The van der Waals surface area contributed by atoms with Crippen LogP contribution in [0.4, 0.5) is 5.69 Å². The van der Waals surface area contributed by atoms with Crippen molar-refractivity contribution < 1.29 is 4.79 Å². The number of aryl methyl sites for hydroxylation is 1. The molecule has 4 heteroatoms. The van der Waals surface area contributed by atoms with E-state index in [1.165, 1.54) is 15.3 Å². The summed E-state index contributed by atoms with van der Waals surface area (Å²) in [4.78, 5) is 14.4. The highest BCUT2D eigenvalue weighted by Gasteiger charge is 2.29. The Morgan fingerprint density at radius 3 is 2.55 bits per heavy atom. The van der Waals surface area contributed by atoms with Gasteiger partial charge in [0.25, 0.3) is 0 Å². The SMILES string of the molecule is Cc1ccc(CNC(C)c2ccc(NC(=O)C3CC3)cc2)s1. The second-order valence-electron chi connectivity index (χ2n) is 6.00. The van der Waals surface area contributed by atoms with Crippen molar-refractivity contribution in [3.8, 4) is 0 Å². The zero-order valence-electron chi connectivity index (χ0n) is 13.1. The summed E-state index contributed by atoms with van der Waals surface area (Å²) >= 11 is 1.83. The number of nitrogens with one attached hydrogen (secondary N) is 2. The van der Waals surface area contributed by atoms with Crippen molar-refractivity contribution in [3.05, 3.63) is 51.7 Å². The lowest BCUT2D eigenvalue weighted by Crippen LogP contribution is -2.17. The molecule has 0 spiro atoms. The highest BCUT2D eigenvalue weighted by atomic mass is 32.1. The number of benzene rings is 1. The number of thiophene rings is 1. The molecule has 1 aromatic carbocycles. The molecule has 1 aromatic heterocycles. The van der Waals surface area contributed by atoms with Crippen molar-refractivity contribution in [2.45, 2.75) is 39.3 Å². The molecule has 3 nitrogen and oxygen atoms in total. The number of hydrogen-bond acceptors (Lipinski definition) is 3. The molecule has 1 saturated carbocycles. The maximum Gasteiger partial charge on any atom is 0.227 e. The van der Waals surface area contributed by atoms with Crippen LogP contribution < -0.4 is 10.6 Å². The molecule has 1 atom stereocenters. The van der Waals surface area contributed by atoms with Gasteiger partial charge in [0.1, 0.15) is 0 Å². The lowest BCUT2D eigenvalue weighted by Gasteiger charge is -2.14.